The van der Waals surface area contributed by atoms with Crippen molar-refractivity contribution in [2.45, 2.75) is 6.92 Å². The van der Waals surface area contributed by atoms with Crippen LogP contribution in [0.3, 0.4) is 0 Å². The number of fused-ring (bicyclic) bond motifs is 1. The van der Waals surface area contributed by atoms with Crippen molar-refractivity contribution >= 4 is 17.6 Å². The first-order valence-corrected chi connectivity index (χ1v) is 4.47. The highest BCUT2D eigenvalue weighted by Crippen LogP contribution is 2.34. The molecule has 0 atom stereocenters. The molecule has 2 rings (SSSR count). The van der Waals surface area contributed by atoms with Gasteiger partial charge in [0.1, 0.15) is 12.3 Å². The van der Waals surface area contributed by atoms with Crippen LogP contribution in [0.15, 0.2) is 6.20 Å². The van der Waals surface area contributed by atoms with Crippen LogP contribution in [0.25, 0.3) is 0 Å². The Balaban J connectivity index is 2.52. The Kier molecular flexibility index (Phi) is 2.11. The maximum absolute atomic E-state index is 11.3. The first kappa shape index (κ1) is 9.57. The first-order chi connectivity index (χ1) is 7.11. The van der Waals surface area contributed by atoms with Gasteiger partial charge in [0.25, 0.3) is 0 Å². The summed E-state index contributed by atoms with van der Waals surface area (Å²) < 4.78 is 5.25. The minimum atomic E-state index is -1.10. The van der Waals surface area contributed by atoms with Crippen LogP contribution in [0.2, 0.25) is 0 Å². The summed E-state index contributed by atoms with van der Waals surface area (Å²) in [5.74, 6) is -0.886. The molecule has 1 aromatic heterocycles. The number of nitrogens with zero attached hydrogens (tertiary/aromatic N) is 1. The molecule has 15 heavy (non-hydrogen) atoms. The van der Waals surface area contributed by atoms with Gasteiger partial charge in [-0.05, 0) is 0 Å². The number of aromatic carboxylic acids is 1. The quantitative estimate of drug-likeness (QED) is 0.705. The summed E-state index contributed by atoms with van der Waals surface area (Å²) >= 11 is 0. The standard InChI is InChI=1S/C9H10N2O4/c1-5(12)11-2-3-15-6-4-10-7(8(6)11)9(13)14/h4,10H,2-3H2,1H3,(H,13,14). The van der Waals surface area contributed by atoms with Crippen molar-refractivity contribution in [3.63, 3.8) is 0 Å². The average Bonchev–Trinajstić information content (AvgIpc) is 2.60. The summed E-state index contributed by atoms with van der Waals surface area (Å²) in [5, 5.41) is 8.90. The number of hydrogen-bond acceptors (Lipinski definition) is 3. The Morgan fingerprint density at radius 3 is 2.93 bits per heavy atom. The van der Waals surface area contributed by atoms with Gasteiger partial charge in [0.2, 0.25) is 5.91 Å². The zero-order chi connectivity index (χ0) is 11.0. The van der Waals surface area contributed by atoms with Crippen LogP contribution in [0.4, 0.5) is 5.69 Å². The number of nitrogens with one attached hydrogen (secondary N) is 1. The normalized spacial score (nSPS) is 14.3. The maximum Gasteiger partial charge on any atom is 0.354 e. The van der Waals surface area contributed by atoms with Crippen molar-refractivity contribution in [2.75, 3.05) is 18.1 Å². The smallest absolute Gasteiger partial charge is 0.354 e. The molecular formula is C9H10N2O4. The minimum Gasteiger partial charge on any atom is -0.488 e. The summed E-state index contributed by atoms with van der Waals surface area (Å²) in [6, 6.07) is 0. The topological polar surface area (TPSA) is 82.6 Å². The van der Waals surface area contributed by atoms with Crippen molar-refractivity contribution in [1.82, 2.24) is 4.98 Å². The molecule has 0 aromatic carbocycles. The number of carboxylic acid groups (broad SMARTS) is 1. The molecule has 1 aliphatic rings. The molecule has 0 unspecified atom stereocenters. The number of ether oxygens (including phenoxy) is 1. The van der Waals surface area contributed by atoms with Crippen LogP contribution < -0.4 is 9.64 Å². The Hall–Kier alpha value is -1.98. The number of carboxylic acids is 1. The fourth-order valence-corrected chi connectivity index (χ4v) is 1.61. The molecule has 0 spiro atoms. The lowest BCUT2D eigenvalue weighted by atomic mass is 10.2. The van der Waals surface area contributed by atoms with E-state index in [0.29, 0.717) is 24.6 Å². The molecule has 6 heteroatoms. The monoisotopic (exact) mass is 210 g/mol. The summed E-state index contributed by atoms with van der Waals surface area (Å²) in [4.78, 5) is 26.2. The van der Waals surface area contributed by atoms with Gasteiger partial charge in [-0.3, -0.25) is 4.79 Å². The number of carbonyl (C=O) groups is 2. The van der Waals surface area contributed by atoms with Gasteiger partial charge >= 0.3 is 5.97 Å². The lowest BCUT2D eigenvalue weighted by Gasteiger charge is -2.26. The Labute approximate surface area is 85.5 Å². The van der Waals surface area contributed by atoms with Crippen molar-refractivity contribution in [1.29, 1.82) is 0 Å². The second-order valence-electron chi connectivity index (χ2n) is 3.20. The van der Waals surface area contributed by atoms with E-state index >= 15 is 0 Å². The third kappa shape index (κ3) is 1.43. The highest BCUT2D eigenvalue weighted by atomic mass is 16.5. The van der Waals surface area contributed by atoms with Crippen LogP contribution in [0.1, 0.15) is 17.4 Å². The third-order valence-electron chi connectivity index (χ3n) is 2.25. The zero-order valence-corrected chi connectivity index (χ0v) is 8.11. The molecule has 2 N–H and O–H groups in total. The van der Waals surface area contributed by atoms with E-state index in [1.807, 2.05) is 0 Å². The van der Waals surface area contributed by atoms with Gasteiger partial charge in [-0.25, -0.2) is 4.79 Å². The number of carbonyl (C=O) groups excluding carboxylic acids is 1. The molecule has 0 bridgehead atoms. The van der Waals surface area contributed by atoms with Crippen molar-refractivity contribution in [3.05, 3.63) is 11.9 Å². The number of rotatable bonds is 1. The molecule has 0 radical (unpaired) electrons. The second kappa shape index (κ2) is 3.30. The molecule has 6 nitrogen and oxygen atoms in total. The predicted molar refractivity (Wildman–Crippen MR) is 51.3 cm³/mol. The van der Waals surface area contributed by atoms with Crippen LogP contribution in [0, 0.1) is 0 Å². The van der Waals surface area contributed by atoms with Gasteiger partial charge in [0.15, 0.2) is 11.4 Å². The van der Waals surface area contributed by atoms with E-state index in [0.717, 1.165) is 0 Å². The first-order valence-electron chi connectivity index (χ1n) is 4.47. The van der Waals surface area contributed by atoms with Gasteiger partial charge in [0.05, 0.1) is 6.54 Å². The molecule has 1 aromatic rings. The van der Waals surface area contributed by atoms with E-state index in [-0.39, 0.29) is 11.6 Å². The highest BCUT2D eigenvalue weighted by Gasteiger charge is 2.28. The predicted octanol–water partition coefficient (Wildman–Crippen LogP) is 0.458. The van der Waals surface area contributed by atoms with Gasteiger partial charge in [-0.2, -0.15) is 0 Å². The number of amides is 1. The fourth-order valence-electron chi connectivity index (χ4n) is 1.61. The second-order valence-corrected chi connectivity index (χ2v) is 3.20. The Morgan fingerprint density at radius 2 is 2.33 bits per heavy atom. The van der Waals surface area contributed by atoms with E-state index in [1.165, 1.54) is 18.0 Å². The largest absolute Gasteiger partial charge is 0.488 e. The number of H-pyrrole nitrogens is 1. The van der Waals surface area contributed by atoms with Crippen molar-refractivity contribution < 1.29 is 19.4 Å². The summed E-state index contributed by atoms with van der Waals surface area (Å²) in [7, 11) is 0. The van der Waals surface area contributed by atoms with Crippen molar-refractivity contribution in [2.24, 2.45) is 0 Å². The molecule has 2 heterocycles. The lowest BCUT2D eigenvalue weighted by Crippen LogP contribution is -2.36. The number of aromatic amines is 1. The molecule has 0 saturated heterocycles. The number of hydrogen-bond donors (Lipinski definition) is 2. The van der Waals surface area contributed by atoms with Gasteiger partial charge in [0, 0.05) is 13.1 Å². The molecule has 0 aliphatic carbocycles. The van der Waals surface area contributed by atoms with Crippen LogP contribution >= 0.6 is 0 Å². The van der Waals surface area contributed by atoms with Gasteiger partial charge < -0.3 is 19.7 Å². The van der Waals surface area contributed by atoms with E-state index in [4.69, 9.17) is 9.84 Å². The highest BCUT2D eigenvalue weighted by molar-refractivity contribution is 6.02. The summed E-state index contributed by atoms with van der Waals surface area (Å²) in [5.41, 5.74) is 0.307. The third-order valence-corrected chi connectivity index (χ3v) is 2.25. The SMILES string of the molecule is CC(=O)N1CCOc2c[nH]c(C(=O)O)c21. The summed E-state index contributed by atoms with van der Waals surface area (Å²) in [6.45, 7) is 2.15. The van der Waals surface area contributed by atoms with Crippen LogP contribution in [0.5, 0.6) is 5.75 Å². The van der Waals surface area contributed by atoms with Crippen LogP contribution in [-0.2, 0) is 4.79 Å². The molecule has 80 valence electrons. The zero-order valence-electron chi connectivity index (χ0n) is 8.11. The van der Waals surface area contributed by atoms with Crippen molar-refractivity contribution in [3.8, 4) is 5.75 Å². The average molecular weight is 210 g/mol. The van der Waals surface area contributed by atoms with Gasteiger partial charge in [-0.15, -0.1) is 0 Å². The molecule has 0 fully saturated rings. The molecule has 0 saturated carbocycles. The molecule has 1 amide bonds. The van der Waals surface area contributed by atoms with E-state index < -0.39 is 5.97 Å². The maximum atomic E-state index is 11.3. The number of aromatic nitrogens is 1. The van der Waals surface area contributed by atoms with E-state index in [9.17, 15) is 9.59 Å². The lowest BCUT2D eigenvalue weighted by molar-refractivity contribution is -0.116. The van der Waals surface area contributed by atoms with Crippen LogP contribution in [-0.4, -0.2) is 35.1 Å². The Bertz CT molecular complexity index is 424. The van der Waals surface area contributed by atoms with E-state index in [2.05, 4.69) is 4.98 Å². The fraction of sp³-hybridized carbons (Fsp3) is 0.333. The minimum absolute atomic E-state index is 0.0140. The van der Waals surface area contributed by atoms with E-state index in [1.54, 1.807) is 0 Å². The summed E-state index contributed by atoms with van der Waals surface area (Å²) in [6.07, 6.45) is 1.45. The molecular weight excluding hydrogens is 200 g/mol. The molecule has 1 aliphatic heterocycles. The number of anilines is 1. The van der Waals surface area contributed by atoms with Gasteiger partial charge in [-0.1, -0.05) is 0 Å². The Morgan fingerprint density at radius 1 is 1.60 bits per heavy atom.